The van der Waals surface area contributed by atoms with E-state index >= 15 is 0 Å². The summed E-state index contributed by atoms with van der Waals surface area (Å²) in [6.45, 7) is 3.30. The van der Waals surface area contributed by atoms with Gasteiger partial charge in [0.05, 0.1) is 6.26 Å². The molecule has 0 atom stereocenters. The SMILES string of the molecule is CC(=O)Nc1ccc(NC(=O)/C(=C/c2ccco2)NC(=O)c2cccc(C)c2)cc1. The second-order valence-corrected chi connectivity index (χ2v) is 6.61. The lowest BCUT2D eigenvalue weighted by atomic mass is 10.1. The average Bonchev–Trinajstić information content (AvgIpc) is 3.21. The fraction of sp³-hybridized carbons (Fsp3) is 0.0870. The molecule has 0 fully saturated rings. The molecule has 7 heteroatoms. The number of furan rings is 1. The molecule has 152 valence electrons. The summed E-state index contributed by atoms with van der Waals surface area (Å²) in [4.78, 5) is 36.6. The van der Waals surface area contributed by atoms with Crippen molar-refractivity contribution >= 4 is 35.2 Å². The van der Waals surface area contributed by atoms with E-state index in [1.54, 1.807) is 54.6 Å². The van der Waals surface area contributed by atoms with Gasteiger partial charge in [0.25, 0.3) is 11.8 Å². The van der Waals surface area contributed by atoms with Crippen molar-refractivity contribution in [3.63, 3.8) is 0 Å². The minimum atomic E-state index is -0.514. The van der Waals surface area contributed by atoms with Crippen molar-refractivity contribution in [1.82, 2.24) is 5.32 Å². The van der Waals surface area contributed by atoms with Crippen molar-refractivity contribution in [3.8, 4) is 0 Å². The van der Waals surface area contributed by atoms with Gasteiger partial charge < -0.3 is 20.4 Å². The van der Waals surface area contributed by atoms with Gasteiger partial charge in [0.1, 0.15) is 11.5 Å². The fourth-order valence-electron chi connectivity index (χ4n) is 2.69. The van der Waals surface area contributed by atoms with E-state index in [9.17, 15) is 14.4 Å². The zero-order valence-corrected chi connectivity index (χ0v) is 16.6. The van der Waals surface area contributed by atoms with Gasteiger partial charge in [-0.2, -0.15) is 0 Å². The number of aryl methyl sites for hydroxylation is 1. The van der Waals surface area contributed by atoms with E-state index in [0.29, 0.717) is 22.7 Å². The highest BCUT2D eigenvalue weighted by molar-refractivity contribution is 6.10. The Morgan fingerprint density at radius 2 is 1.60 bits per heavy atom. The highest BCUT2D eigenvalue weighted by Gasteiger charge is 2.16. The van der Waals surface area contributed by atoms with Gasteiger partial charge in [-0.1, -0.05) is 17.7 Å². The first kappa shape index (κ1) is 20.6. The number of carbonyl (C=O) groups is 3. The van der Waals surface area contributed by atoms with E-state index in [-0.39, 0.29) is 11.6 Å². The van der Waals surface area contributed by atoms with Crippen molar-refractivity contribution in [2.75, 3.05) is 10.6 Å². The van der Waals surface area contributed by atoms with Crippen LogP contribution in [-0.2, 0) is 9.59 Å². The van der Waals surface area contributed by atoms with Crippen LogP contribution in [0.15, 0.2) is 77.0 Å². The molecular weight excluding hydrogens is 382 g/mol. The first-order valence-corrected chi connectivity index (χ1v) is 9.23. The van der Waals surface area contributed by atoms with Gasteiger partial charge >= 0.3 is 0 Å². The predicted octanol–water partition coefficient (Wildman–Crippen LogP) is 3.96. The van der Waals surface area contributed by atoms with E-state index in [0.717, 1.165) is 5.56 Å². The molecule has 30 heavy (non-hydrogen) atoms. The lowest BCUT2D eigenvalue weighted by molar-refractivity contribution is -0.114. The third-order valence-electron chi connectivity index (χ3n) is 4.07. The molecule has 0 aliphatic heterocycles. The minimum Gasteiger partial charge on any atom is -0.465 e. The van der Waals surface area contributed by atoms with Crippen LogP contribution in [0.5, 0.6) is 0 Å². The molecule has 2 aromatic carbocycles. The Balaban J connectivity index is 1.79. The number of nitrogens with one attached hydrogen (secondary N) is 3. The van der Waals surface area contributed by atoms with Crippen molar-refractivity contribution in [3.05, 3.63) is 89.5 Å². The lowest BCUT2D eigenvalue weighted by Crippen LogP contribution is -2.30. The summed E-state index contributed by atoms with van der Waals surface area (Å²) < 4.78 is 5.28. The topological polar surface area (TPSA) is 100 Å². The molecule has 3 aromatic rings. The standard InChI is InChI=1S/C23H21N3O4/c1-15-5-3-6-17(13-15)22(28)26-21(14-20-7-4-12-30-20)23(29)25-19-10-8-18(9-11-19)24-16(2)27/h3-14H,1-2H3,(H,24,27)(H,25,29)(H,26,28)/b21-14-. The van der Waals surface area contributed by atoms with Gasteiger partial charge in [0.2, 0.25) is 5.91 Å². The van der Waals surface area contributed by atoms with Crippen LogP contribution in [0.4, 0.5) is 11.4 Å². The molecule has 0 radical (unpaired) electrons. The maximum Gasteiger partial charge on any atom is 0.272 e. The molecule has 3 N–H and O–H groups in total. The maximum atomic E-state index is 12.8. The average molecular weight is 403 g/mol. The Morgan fingerprint density at radius 3 is 2.20 bits per heavy atom. The molecule has 0 aliphatic carbocycles. The zero-order chi connectivity index (χ0) is 21.5. The summed E-state index contributed by atoms with van der Waals surface area (Å²) >= 11 is 0. The highest BCUT2D eigenvalue weighted by Crippen LogP contribution is 2.15. The van der Waals surface area contributed by atoms with Crippen LogP contribution in [0.2, 0.25) is 0 Å². The van der Waals surface area contributed by atoms with Crippen LogP contribution in [0, 0.1) is 6.92 Å². The molecule has 0 saturated heterocycles. The molecule has 3 rings (SSSR count). The van der Waals surface area contributed by atoms with E-state index in [2.05, 4.69) is 16.0 Å². The van der Waals surface area contributed by atoms with Gasteiger partial charge in [-0.3, -0.25) is 14.4 Å². The van der Waals surface area contributed by atoms with E-state index in [1.165, 1.54) is 19.3 Å². The van der Waals surface area contributed by atoms with Crippen molar-refractivity contribution in [2.45, 2.75) is 13.8 Å². The van der Waals surface area contributed by atoms with Crippen LogP contribution in [0.1, 0.15) is 28.6 Å². The third kappa shape index (κ3) is 5.68. The van der Waals surface area contributed by atoms with Crippen LogP contribution in [0.25, 0.3) is 6.08 Å². The zero-order valence-electron chi connectivity index (χ0n) is 16.6. The van der Waals surface area contributed by atoms with Crippen LogP contribution < -0.4 is 16.0 Å². The summed E-state index contributed by atoms with van der Waals surface area (Å²) in [5.41, 5.74) is 2.52. The number of carbonyl (C=O) groups excluding carboxylic acids is 3. The minimum absolute atomic E-state index is 0.0300. The Morgan fingerprint density at radius 1 is 0.900 bits per heavy atom. The van der Waals surface area contributed by atoms with Crippen molar-refractivity contribution in [2.24, 2.45) is 0 Å². The smallest absolute Gasteiger partial charge is 0.272 e. The molecule has 0 saturated carbocycles. The summed E-state index contributed by atoms with van der Waals surface area (Å²) in [6.07, 6.45) is 2.93. The molecule has 3 amide bonds. The molecule has 1 heterocycles. The van der Waals surface area contributed by atoms with E-state index < -0.39 is 11.8 Å². The van der Waals surface area contributed by atoms with Crippen LogP contribution >= 0.6 is 0 Å². The molecule has 0 spiro atoms. The molecule has 0 unspecified atom stereocenters. The Hall–Kier alpha value is -4.13. The van der Waals surface area contributed by atoms with Gasteiger partial charge in [-0.25, -0.2) is 0 Å². The number of hydrogen-bond acceptors (Lipinski definition) is 4. The van der Waals surface area contributed by atoms with E-state index in [1.807, 2.05) is 13.0 Å². The summed E-state index contributed by atoms with van der Waals surface area (Å²) in [5.74, 6) is -0.688. The monoisotopic (exact) mass is 403 g/mol. The molecular formula is C23H21N3O4. The maximum absolute atomic E-state index is 12.8. The number of rotatable bonds is 6. The first-order valence-electron chi connectivity index (χ1n) is 9.23. The number of benzene rings is 2. The van der Waals surface area contributed by atoms with Crippen molar-refractivity contribution < 1.29 is 18.8 Å². The van der Waals surface area contributed by atoms with Gasteiger partial charge in [-0.05, 0) is 55.5 Å². The Kier molecular flexibility index (Phi) is 6.44. The van der Waals surface area contributed by atoms with Gasteiger partial charge in [-0.15, -0.1) is 0 Å². The van der Waals surface area contributed by atoms with Gasteiger partial charge in [0.15, 0.2) is 0 Å². The lowest BCUT2D eigenvalue weighted by Gasteiger charge is -2.11. The summed E-state index contributed by atoms with van der Waals surface area (Å²) in [7, 11) is 0. The number of amides is 3. The number of hydrogen-bond donors (Lipinski definition) is 3. The Bertz CT molecular complexity index is 1080. The van der Waals surface area contributed by atoms with Gasteiger partial charge in [0, 0.05) is 29.9 Å². The molecule has 7 nitrogen and oxygen atoms in total. The Labute approximate surface area is 173 Å². The second-order valence-electron chi connectivity index (χ2n) is 6.61. The molecule has 1 aromatic heterocycles. The fourth-order valence-corrected chi connectivity index (χ4v) is 2.69. The predicted molar refractivity (Wildman–Crippen MR) is 115 cm³/mol. The largest absolute Gasteiger partial charge is 0.465 e. The molecule has 0 aliphatic rings. The normalized spacial score (nSPS) is 10.9. The highest BCUT2D eigenvalue weighted by atomic mass is 16.3. The van der Waals surface area contributed by atoms with Crippen LogP contribution in [-0.4, -0.2) is 17.7 Å². The molecule has 0 bridgehead atoms. The number of anilines is 2. The van der Waals surface area contributed by atoms with Crippen molar-refractivity contribution in [1.29, 1.82) is 0 Å². The van der Waals surface area contributed by atoms with E-state index in [4.69, 9.17) is 4.42 Å². The summed E-state index contributed by atoms with van der Waals surface area (Å²) in [6, 6.07) is 17.1. The first-order chi connectivity index (χ1) is 14.4. The summed E-state index contributed by atoms with van der Waals surface area (Å²) in [5, 5.41) is 8.03. The third-order valence-corrected chi connectivity index (χ3v) is 4.07. The quantitative estimate of drug-likeness (QED) is 0.543. The second kappa shape index (κ2) is 9.38. The van der Waals surface area contributed by atoms with Crippen LogP contribution in [0.3, 0.4) is 0 Å².